The Morgan fingerprint density at radius 2 is 2.07 bits per heavy atom. The second kappa shape index (κ2) is 6.21. The van der Waals surface area contributed by atoms with Crippen molar-refractivity contribution in [2.45, 2.75) is 26.9 Å². The molecule has 4 heteroatoms. The molecule has 0 aromatic rings. The van der Waals surface area contributed by atoms with Crippen LogP contribution in [0.5, 0.6) is 0 Å². The number of hydrogen-bond acceptors (Lipinski definition) is 4. The van der Waals surface area contributed by atoms with E-state index in [2.05, 4.69) is 4.74 Å². The van der Waals surface area contributed by atoms with Crippen LogP contribution >= 0.6 is 0 Å². The number of carbonyl (C=O) groups is 1. The van der Waals surface area contributed by atoms with E-state index in [1.165, 1.54) is 6.08 Å². The number of carbonyl (C=O) groups excluding carboxylic acids is 1. The summed E-state index contributed by atoms with van der Waals surface area (Å²) in [7, 11) is 0. The maximum Gasteiger partial charge on any atom is 0.330 e. The van der Waals surface area contributed by atoms with Crippen LogP contribution in [-0.4, -0.2) is 28.9 Å². The maximum atomic E-state index is 10.8. The van der Waals surface area contributed by atoms with Crippen LogP contribution in [0.25, 0.3) is 0 Å². The van der Waals surface area contributed by atoms with Gasteiger partial charge >= 0.3 is 5.97 Å². The number of aliphatic hydroxyl groups is 2. The molecule has 0 aliphatic rings. The first-order valence-electron chi connectivity index (χ1n) is 4.38. The summed E-state index contributed by atoms with van der Waals surface area (Å²) in [6.45, 7) is 5.30. The first-order chi connectivity index (χ1) is 6.49. The van der Waals surface area contributed by atoms with Crippen molar-refractivity contribution in [3.8, 4) is 0 Å². The lowest BCUT2D eigenvalue weighted by atomic mass is 10.2. The number of ether oxygens (including phenoxy) is 1. The monoisotopic (exact) mass is 200 g/mol. The highest BCUT2D eigenvalue weighted by molar-refractivity contribution is 5.82. The van der Waals surface area contributed by atoms with E-state index in [4.69, 9.17) is 0 Å². The van der Waals surface area contributed by atoms with Crippen LogP contribution in [0, 0.1) is 0 Å². The van der Waals surface area contributed by atoms with E-state index in [9.17, 15) is 15.0 Å². The molecule has 14 heavy (non-hydrogen) atoms. The van der Waals surface area contributed by atoms with E-state index >= 15 is 0 Å². The average molecular weight is 200 g/mol. The average Bonchev–Trinajstić information content (AvgIpc) is 2.13. The molecule has 0 aromatic heterocycles. The minimum absolute atomic E-state index is 0.148. The highest BCUT2D eigenvalue weighted by Crippen LogP contribution is 2.05. The van der Waals surface area contributed by atoms with Gasteiger partial charge in [-0.1, -0.05) is 0 Å². The van der Waals surface area contributed by atoms with Crippen molar-refractivity contribution < 1.29 is 19.7 Å². The van der Waals surface area contributed by atoms with E-state index in [-0.39, 0.29) is 12.4 Å². The molecule has 0 bridgehead atoms. The molecule has 0 heterocycles. The predicted molar refractivity (Wildman–Crippen MR) is 52.8 cm³/mol. The van der Waals surface area contributed by atoms with Crippen LogP contribution in [-0.2, 0) is 9.53 Å². The summed E-state index contributed by atoms with van der Waals surface area (Å²) in [5.41, 5.74) is 0.603. The number of aliphatic hydroxyl groups excluding tert-OH is 2. The molecule has 0 saturated carbocycles. The topological polar surface area (TPSA) is 66.8 Å². The van der Waals surface area contributed by atoms with Crippen molar-refractivity contribution in [1.82, 2.24) is 0 Å². The lowest BCUT2D eigenvalue weighted by Gasteiger charge is -2.05. The van der Waals surface area contributed by atoms with Gasteiger partial charge in [-0.3, -0.25) is 0 Å². The van der Waals surface area contributed by atoms with E-state index in [1.807, 2.05) is 0 Å². The number of allylic oxidation sites excluding steroid dienone is 1. The van der Waals surface area contributed by atoms with E-state index in [0.29, 0.717) is 5.57 Å². The SMILES string of the molecule is CCOC(=O)C=C[C@@H](O)C(O)=C(C)C. The largest absolute Gasteiger partial charge is 0.509 e. The standard InChI is InChI=1S/C10H16O4/c1-4-14-9(12)6-5-8(11)10(13)7(2)3/h5-6,8,11,13H,4H2,1-3H3/t8-/m1/s1. The molecular formula is C10H16O4. The molecule has 80 valence electrons. The Labute approximate surface area is 83.5 Å². The number of hydrogen-bond donors (Lipinski definition) is 2. The lowest BCUT2D eigenvalue weighted by molar-refractivity contribution is -0.137. The van der Waals surface area contributed by atoms with Gasteiger partial charge in [0.1, 0.15) is 11.9 Å². The van der Waals surface area contributed by atoms with Crippen molar-refractivity contribution in [2.24, 2.45) is 0 Å². The van der Waals surface area contributed by atoms with Crippen molar-refractivity contribution in [3.63, 3.8) is 0 Å². The molecule has 0 fully saturated rings. The Hall–Kier alpha value is -1.29. The fourth-order valence-corrected chi connectivity index (χ4v) is 0.747. The minimum Gasteiger partial charge on any atom is -0.509 e. The van der Waals surface area contributed by atoms with Crippen LogP contribution in [0.15, 0.2) is 23.5 Å². The summed E-state index contributed by atoms with van der Waals surface area (Å²) in [6, 6.07) is 0. The van der Waals surface area contributed by atoms with Crippen LogP contribution in [0.2, 0.25) is 0 Å². The highest BCUT2D eigenvalue weighted by atomic mass is 16.5. The number of rotatable bonds is 4. The normalized spacial score (nSPS) is 12.6. The van der Waals surface area contributed by atoms with Crippen LogP contribution in [0.1, 0.15) is 20.8 Å². The zero-order valence-corrected chi connectivity index (χ0v) is 8.65. The third kappa shape index (κ3) is 4.67. The summed E-state index contributed by atoms with van der Waals surface area (Å²) in [5, 5.41) is 18.6. The zero-order chi connectivity index (χ0) is 11.1. The Kier molecular flexibility index (Phi) is 5.64. The van der Waals surface area contributed by atoms with Gasteiger partial charge in [0.2, 0.25) is 0 Å². The minimum atomic E-state index is -1.15. The van der Waals surface area contributed by atoms with Gasteiger partial charge in [0.15, 0.2) is 0 Å². The highest BCUT2D eigenvalue weighted by Gasteiger charge is 2.07. The van der Waals surface area contributed by atoms with E-state index in [1.54, 1.807) is 20.8 Å². The van der Waals surface area contributed by atoms with E-state index < -0.39 is 12.1 Å². The van der Waals surface area contributed by atoms with Crippen molar-refractivity contribution in [1.29, 1.82) is 0 Å². The Bertz CT molecular complexity index is 249. The molecule has 0 aromatic carbocycles. The predicted octanol–water partition coefficient (Wildman–Crippen LogP) is 1.32. The molecule has 0 amide bonds. The van der Waals surface area contributed by atoms with Crippen molar-refractivity contribution >= 4 is 5.97 Å². The van der Waals surface area contributed by atoms with Crippen LogP contribution in [0.4, 0.5) is 0 Å². The third-order valence-corrected chi connectivity index (χ3v) is 1.49. The van der Waals surface area contributed by atoms with Gasteiger partial charge in [0.05, 0.1) is 6.61 Å². The maximum absolute atomic E-state index is 10.8. The smallest absolute Gasteiger partial charge is 0.330 e. The van der Waals surface area contributed by atoms with Crippen LogP contribution < -0.4 is 0 Å². The molecule has 0 saturated heterocycles. The molecule has 0 aliphatic heterocycles. The molecular weight excluding hydrogens is 184 g/mol. The summed E-state index contributed by atoms with van der Waals surface area (Å²) in [4.78, 5) is 10.8. The zero-order valence-electron chi connectivity index (χ0n) is 8.65. The second-order valence-corrected chi connectivity index (χ2v) is 2.94. The number of esters is 1. The lowest BCUT2D eigenvalue weighted by Crippen LogP contribution is -2.09. The van der Waals surface area contributed by atoms with Gasteiger partial charge in [-0.25, -0.2) is 4.79 Å². The first kappa shape index (κ1) is 12.7. The van der Waals surface area contributed by atoms with Gasteiger partial charge in [-0.15, -0.1) is 0 Å². The summed E-state index contributed by atoms with van der Waals surface area (Å²) < 4.78 is 4.60. The molecule has 4 nitrogen and oxygen atoms in total. The first-order valence-corrected chi connectivity index (χ1v) is 4.38. The molecule has 0 rings (SSSR count). The van der Waals surface area contributed by atoms with Gasteiger partial charge in [-0.05, 0) is 32.4 Å². The van der Waals surface area contributed by atoms with Gasteiger partial charge in [-0.2, -0.15) is 0 Å². The Balaban J connectivity index is 4.25. The van der Waals surface area contributed by atoms with Gasteiger partial charge < -0.3 is 14.9 Å². The summed E-state index contributed by atoms with van der Waals surface area (Å²) in [6.07, 6.45) is 1.12. The fourth-order valence-electron chi connectivity index (χ4n) is 0.747. The van der Waals surface area contributed by atoms with E-state index in [0.717, 1.165) is 6.08 Å². The van der Waals surface area contributed by atoms with Crippen LogP contribution in [0.3, 0.4) is 0 Å². The molecule has 1 atom stereocenters. The molecule has 2 N–H and O–H groups in total. The Morgan fingerprint density at radius 3 is 2.50 bits per heavy atom. The Morgan fingerprint density at radius 1 is 1.50 bits per heavy atom. The van der Waals surface area contributed by atoms with Crippen molar-refractivity contribution in [3.05, 3.63) is 23.5 Å². The molecule has 0 aliphatic carbocycles. The second-order valence-electron chi connectivity index (χ2n) is 2.94. The van der Waals surface area contributed by atoms with Gasteiger partial charge in [0.25, 0.3) is 0 Å². The molecule has 0 spiro atoms. The summed E-state index contributed by atoms with van der Waals surface area (Å²) in [5.74, 6) is -0.682. The fraction of sp³-hybridized carbons (Fsp3) is 0.500. The molecule has 0 unspecified atom stereocenters. The third-order valence-electron chi connectivity index (χ3n) is 1.49. The molecule has 0 radical (unpaired) electrons. The quantitative estimate of drug-likeness (QED) is 0.408. The summed E-state index contributed by atoms with van der Waals surface area (Å²) >= 11 is 0. The van der Waals surface area contributed by atoms with Gasteiger partial charge in [0, 0.05) is 6.08 Å². The van der Waals surface area contributed by atoms with Crippen molar-refractivity contribution in [2.75, 3.05) is 6.61 Å².